The Labute approximate surface area is 96.5 Å². The zero-order valence-electron chi connectivity index (χ0n) is 8.98. The number of nitrogens with zero attached hydrogens (tertiary/aromatic N) is 1. The van der Waals surface area contributed by atoms with Gasteiger partial charge in [0.15, 0.2) is 5.13 Å². The fraction of sp³-hybridized carbons (Fsp3) is 0.444. The van der Waals surface area contributed by atoms with Gasteiger partial charge in [0, 0.05) is 11.9 Å². The summed E-state index contributed by atoms with van der Waals surface area (Å²) in [5, 5.41) is 13.2. The van der Waals surface area contributed by atoms with E-state index in [1.807, 2.05) is 0 Å². The molecule has 0 aliphatic heterocycles. The van der Waals surface area contributed by atoms with Gasteiger partial charge in [-0.15, -0.1) is 11.3 Å². The van der Waals surface area contributed by atoms with Crippen LogP contribution in [0.5, 0.6) is 0 Å². The fourth-order valence-electron chi connectivity index (χ4n) is 0.859. The number of hydrogen-bond donors (Lipinski definition) is 3. The van der Waals surface area contributed by atoms with Gasteiger partial charge in [-0.1, -0.05) is 0 Å². The molecule has 1 aromatic rings. The normalized spacial score (nSPS) is 11.1. The molecular formula is C9H13N3O3S. The molecule has 0 aliphatic rings. The van der Waals surface area contributed by atoms with Crippen LogP contribution >= 0.6 is 11.3 Å². The number of nitrogens with two attached hydrogens (primary N) is 1. The van der Waals surface area contributed by atoms with E-state index >= 15 is 0 Å². The molecule has 88 valence electrons. The van der Waals surface area contributed by atoms with E-state index in [4.69, 9.17) is 10.8 Å². The third kappa shape index (κ3) is 2.93. The molecule has 1 heterocycles. The van der Waals surface area contributed by atoms with Gasteiger partial charge in [0.05, 0.1) is 5.41 Å². The SMILES string of the molecule is CC(C)(CNC(=O)c1csc(N)n1)C(=O)O. The van der Waals surface area contributed by atoms with Crippen LogP contribution in [0.15, 0.2) is 5.38 Å². The Morgan fingerprint density at radius 3 is 2.69 bits per heavy atom. The van der Waals surface area contributed by atoms with Crippen molar-refractivity contribution in [1.82, 2.24) is 10.3 Å². The summed E-state index contributed by atoms with van der Waals surface area (Å²) in [6.07, 6.45) is 0. The molecule has 0 atom stereocenters. The first-order chi connectivity index (χ1) is 7.33. The first-order valence-corrected chi connectivity index (χ1v) is 5.43. The Morgan fingerprint density at radius 1 is 1.62 bits per heavy atom. The van der Waals surface area contributed by atoms with Gasteiger partial charge in [-0.05, 0) is 13.8 Å². The lowest BCUT2D eigenvalue weighted by atomic mass is 9.94. The molecular weight excluding hydrogens is 230 g/mol. The van der Waals surface area contributed by atoms with Gasteiger partial charge in [0.25, 0.3) is 5.91 Å². The van der Waals surface area contributed by atoms with Crippen LogP contribution in [0.1, 0.15) is 24.3 Å². The molecule has 1 rings (SSSR count). The number of aliphatic carboxylic acids is 1. The zero-order chi connectivity index (χ0) is 12.3. The monoisotopic (exact) mass is 243 g/mol. The summed E-state index contributed by atoms with van der Waals surface area (Å²) in [6, 6.07) is 0. The first kappa shape index (κ1) is 12.4. The molecule has 6 nitrogen and oxygen atoms in total. The molecule has 0 aromatic carbocycles. The van der Waals surface area contributed by atoms with Gasteiger partial charge in [-0.25, -0.2) is 4.98 Å². The summed E-state index contributed by atoms with van der Waals surface area (Å²) in [5.74, 6) is -1.38. The molecule has 0 bridgehead atoms. The van der Waals surface area contributed by atoms with Crippen molar-refractivity contribution in [3.8, 4) is 0 Å². The molecule has 7 heteroatoms. The number of carbonyl (C=O) groups is 2. The maximum absolute atomic E-state index is 11.5. The van der Waals surface area contributed by atoms with Gasteiger partial charge in [0.2, 0.25) is 0 Å². The van der Waals surface area contributed by atoms with Crippen LogP contribution in [-0.2, 0) is 4.79 Å². The van der Waals surface area contributed by atoms with E-state index in [0.717, 1.165) is 11.3 Å². The van der Waals surface area contributed by atoms with Crippen molar-refractivity contribution in [2.45, 2.75) is 13.8 Å². The van der Waals surface area contributed by atoms with E-state index in [9.17, 15) is 9.59 Å². The van der Waals surface area contributed by atoms with E-state index in [0.29, 0.717) is 5.13 Å². The Kier molecular flexibility index (Phi) is 3.48. The maximum Gasteiger partial charge on any atom is 0.310 e. The number of thiazole rings is 1. The van der Waals surface area contributed by atoms with Crippen molar-refractivity contribution in [3.05, 3.63) is 11.1 Å². The summed E-state index contributed by atoms with van der Waals surface area (Å²) >= 11 is 1.16. The van der Waals surface area contributed by atoms with Crippen LogP contribution in [0.2, 0.25) is 0 Å². The minimum Gasteiger partial charge on any atom is -0.481 e. The summed E-state index contributed by atoms with van der Waals surface area (Å²) in [7, 11) is 0. The average Bonchev–Trinajstić information content (AvgIpc) is 2.61. The number of aromatic nitrogens is 1. The number of anilines is 1. The fourth-order valence-corrected chi connectivity index (χ4v) is 1.40. The Morgan fingerprint density at radius 2 is 2.25 bits per heavy atom. The highest BCUT2D eigenvalue weighted by molar-refractivity contribution is 7.13. The molecule has 0 aliphatic carbocycles. The quantitative estimate of drug-likeness (QED) is 0.716. The van der Waals surface area contributed by atoms with Gasteiger partial charge in [-0.3, -0.25) is 9.59 Å². The van der Waals surface area contributed by atoms with Crippen LogP contribution in [0.4, 0.5) is 5.13 Å². The lowest BCUT2D eigenvalue weighted by Crippen LogP contribution is -2.39. The molecule has 0 spiro atoms. The highest BCUT2D eigenvalue weighted by Crippen LogP contribution is 2.14. The lowest BCUT2D eigenvalue weighted by molar-refractivity contribution is -0.146. The van der Waals surface area contributed by atoms with E-state index in [1.54, 1.807) is 0 Å². The van der Waals surface area contributed by atoms with Gasteiger partial charge in [0.1, 0.15) is 5.69 Å². The summed E-state index contributed by atoms with van der Waals surface area (Å²) in [4.78, 5) is 26.1. The molecule has 0 fully saturated rings. The van der Waals surface area contributed by atoms with Crippen molar-refractivity contribution in [1.29, 1.82) is 0 Å². The number of carbonyl (C=O) groups excluding carboxylic acids is 1. The predicted molar refractivity (Wildman–Crippen MR) is 60.3 cm³/mol. The lowest BCUT2D eigenvalue weighted by Gasteiger charge is -2.18. The topological polar surface area (TPSA) is 105 Å². The Hall–Kier alpha value is -1.63. The first-order valence-electron chi connectivity index (χ1n) is 4.55. The van der Waals surface area contributed by atoms with Crippen LogP contribution in [0.25, 0.3) is 0 Å². The van der Waals surface area contributed by atoms with E-state index < -0.39 is 17.3 Å². The molecule has 0 saturated carbocycles. The number of rotatable bonds is 4. The largest absolute Gasteiger partial charge is 0.481 e. The van der Waals surface area contributed by atoms with Gasteiger partial charge in [-0.2, -0.15) is 0 Å². The molecule has 16 heavy (non-hydrogen) atoms. The number of nitrogens with one attached hydrogen (secondary N) is 1. The highest BCUT2D eigenvalue weighted by atomic mass is 32.1. The predicted octanol–water partition coefficient (Wildman–Crippen LogP) is 0.566. The Balaban J connectivity index is 2.57. The second-order valence-electron chi connectivity index (χ2n) is 3.94. The highest BCUT2D eigenvalue weighted by Gasteiger charge is 2.27. The maximum atomic E-state index is 11.5. The molecule has 0 saturated heterocycles. The summed E-state index contributed by atoms with van der Waals surface area (Å²) in [6.45, 7) is 3.11. The number of hydrogen-bond acceptors (Lipinski definition) is 5. The van der Waals surface area contributed by atoms with Crippen molar-refractivity contribution in [2.24, 2.45) is 5.41 Å². The smallest absolute Gasteiger partial charge is 0.310 e. The molecule has 0 unspecified atom stereocenters. The van der Waals surface area contributed by atoms with Crippen molar-refractivity contribution in [2.75, 3.05) is 12.3 Å². The van der Waals surface area contributed by atoms with Crippen LogP contribution in [0.3, 0.4) is 0 Å². The van der Waals surface area contributed by atoms with Crippen LogP contribution in [-0.4, -0.2) is 28.5 Å². The van der Waals surface area contributed by atoms with Gasteiger partial charge < -0.3 is 16.2 Å². The minimum absolute atomic E-state index is 0.0403. The van der Waals surface area contributed by atoms with Crippen molar-refractivity contribution in [3.63, 3.8) is 0 Å². The molecule has 4 N–H and O–H groups in total. The van der Waals surface area contributed by atoms with Crippen molar-refractivity contribution >= 4 is 28.3 Å². The van der Waals surface area contributed by atoms with Crippen LogP contribution < -0.4 is 11.1 Å². The molecule has 0 radical (unpaired) electrons. The second-order valence-corrected chi connectivity index (χ2v) is 4.83. The minimum atomic E-state index is -1.00. The second kappa shape index (κ2) is 4.48. The third-order valence-corrected chi connectivity index (χ3v) is 2.70. The van der Waals surface area contributed by atoms with E-state index in [1.165, 1.54) is 19.2 Å². The van der Waals surface area contributed by atoms with Crippen molar-refractivity contribution < 1.29 is 14.7 Å². The standard InChI is InChI=1S/C9H13N3O3S/c1-9(2,7(14)15)4-11-6(13)5-3-16-8(10)12-5/h3H,4H2,1-2H3,(H2,10,12)(H,11,13)(H,14,15). The summed E-state index contributed by atoms with van der Waals surface area (Å²) < 4.78 is 0. The molecule has 1 aromatic heterocycles. The third-order valence-electron chi connectivity index (χ3n) is 2.02. The van der Waals surface area contributed by atoms with E-state index in [2.05, 4.69) is 10.3 Å². The van der Waals surface area contributed by atoms with Crippen LogP contribution in [0, 0.1) is 5.41 Å². The average molecular weight is 243 g/mol. The van der Waals surface area contributed by atoms with E-state index in [-0.39, 0.29) is 12.2 Å². The van der Waals surface area contributed by atoms with Gasteiger partial charge >= 0.3 is 5.97 Å². The Bertz CT molecular complexity index is 414. The number of amides is 1. The number of carboxylic acid groups (broad SMARTS) is 1. The number of nitrogen functional groups attached to an aromatic ring is 1. The molecule has 1 amide bonds. The summed E-state index contributed by atoms with van der Waals surface area (Å²) in [5.41, 5.74) is 4.59. The zero-order valence-corrected chi connectivity index (χ0v) is 9.80. The number of carboxylic acids is 1.